The Hall–Kier alpha value is -4.55. The second kappa shape index (κ2) is 9.72. The Morgan fingerprint density at radius 2 is 1.95 bits per heavy atom. The van der Waals surface area contributed by atoms with Gasteiger partial charge in [-0.2, -0.15) is 18.3 Å². The Labute approximate surface area is 214 Å². The van der Waals surface area contributed by atoms with Crippen LogP contribution in [0.5, 0.6) is 0 Å². The molecule has 0 radical (unpaired) electrons. The molecule has 0 saturated carbocycles. The van der Waals surface area contributed by atoms with Gasteiger partial charge in [-0.25, -0.2) is 24.0 Å². The van der Waals surface area contributed by atoms with Crippen molar-refractivity contribution in [3.05, 3.63) is 72.3 Å². The van der Waals surface area contributed by atoms with Crippen LogP contribution in [0.3, 0.4) is 0 Å². The van der Waals surface area contributed by atoms with Gasteiger partial charge in [0.15, 0.2) is 5.82 Å². The highest BCUT2D eigenvalue weighted by atomic mass is 19.4. The van der Waals surface area contributed by atoms with Crippen LogP contribution >= 0.6 is 0 Å². The molecule has 0 spiro atoms. The molecule has 38 heavy (non-hydrogen) atoms. The number of hydrogen-bond acceptors (Lipinski definition) is 6. The van der Waals surface area contributed by atoms with Gasteiger partial charge in [0.2, 0.25) is 5.84 Å². The first-order valence-electron chi connectivity index (χ1n) is 11.6. The molecule has 1 unspecified atom stereocenters. The average Bonchev–Trinajstić information content (AvgIpc) is 3.53. The minimum Gasteiger partial charge on any atom is -0.369 e. The van der Waals surface area contributed by atoms with Crippen LogP contribution in [0, 0.1) is 5.82 Å². The fourth-order valence-electron chi connectivity index (χ4n) is 4.10. The van der Waals surface area contributed by atoms with E-state index in [1.807, 2.05) is 25.6 Å². The average molecular weight is 526 g/mol. The summed E-state index contributed by atoms with van der Waals surface area (Å²) in [6.07, 6.45) is 4.83. The van der Waals surface area contributed by atoms with Gasteiger partial charge in [0.05, 0.1) is 30.5 Å². The van der Waals surface area contributed by atoms with Gasteiger partial charge in [-0.15, -0.1) is 0 Å². The number of halogens is 4. The maximum absolute atomic E-state index is 14.3. The van der Waals surface area contributed by atoms with E-state index < -0.39 is 17.8 Å². The molecule has 1 aromatic carbocycles. The normalized spacial score (nSPS) is 14.9. The van der Waals surface area contributed by atoms with Crippen LogP contribution in [-0.4, -0.2) is 68.2 Å². The van der Waals surface area contributed by atoms with E-state index in [4.69, 9.17) is 0 Å². The fourth-order valence-corrected chi connectivity index (χ4v) is 4.10. The first-order valence-corrected chi connectivity index (χ1v) is 11.6. The molecule has 0 bridgehead atoms. The monoisotopic (exact) mass is 525 g/mol. The van der Waals surface area contributed by atoms with E-state index in [1.165, 1.54) is 23.3 Å². The number of fused-ring (bicyclic) bond motifs is 1. The standard InChI is InChI=1S/C25H23F4N9/c1-15(17-10-35-38(11-17)20-7-5-4-6-19(20)26)37-12-18(16-8-30-24(31-9-16)25(27,28)29)21-22(34-14-36(2)3)32-13-33-23(21)37/h4-8,10-15H,9H2,1-3H3,(H,30,31)/b34-14+. The molecular formula is C25H23F4N9. The highest BCUT2D eigenvalue weighted by Gasteiger charge is 2.37. The molecule has 1 aliphatic rings. The Balaban J connectivity index is 1.60. The number of aliphatic imine (C=N–C) groups is 2. The topological polar surface area (TPSA) is 88.5 Å². The van der Waals surface area contributed by atoms with Gasteiger partial charge in [-0.1, -0.05) is 12.1 Å². The molecular weight excluding hydrogens is 502 g/mol. The maximum Gasteiger partial charge on any atom is 0.449 e. The van der Waals surface area contributed by atoms with Crippen molar-refractivity contribution in [2.24, 2.45) is 9.98 Å². The summed E-state index contributed by atoms with van der Waals surface area (Å²) < 4.78 is 57.0. The van der Waals surface area contributed by atoms with Crippen molar-refractivity contribution in [3.8, 4) is 5.69 Å². The van der Waals surface area contributed by atoms with Crippen LogP contribution in [-0.2, 0) is 0 Å². The fraction of sp³-hybridized carbons (Fsp3) is 0.240. The van der Waals surface area contributed by atoms with E-state index in [0.29, 0.717) is 33.7 Å². The quantitative estimate of drug-likeness (QED) is 0.228. The minimum absolute atomic E-state index is 0.188. The van der Waals surface area contributed by atoms with Crippen LogP contribution in [0.25, 0.3) is 22.3 Å². The molecule has 9 nitrogen and oxygen atoms in total. The number of aromatic nitrogens is 5. The van der Waals surface area contributed by atoms with Gasteiger partial charge in [0.1, 0.15) is 23.5 Å². The van der Waals surface area contributed by atoms with Crippen LogP contribution in [0.4, 0.5) is 23.4 Å². The highest BCUT2D eigenvalue weighted by Crippen LogP contribution is 2.36. The third-order valence-electron chi connectivity index (χ3n) is 6.01. The zero-order chi connectivity index (χ0) is 27.0. The minimum atomic E-state index is -4.58. The predicted molar refractivity (Wildman–Crippen MR) is 136 cm³/mol. The molecule has 0 aliphatic carbocycles. The van der Waals surface area contributed by atoms with Gasteiger partial charge in [0.25, 0.3) is 0 Å². The molecule has 1 aliphatic heterocycles. The second-order valence-electron chi connectivity index (χ2n) is 8.88. The molecule has 0 saturated heterocycles. The van der Waals surface area contributed by atoms with E-state index in [1.54, 1.807) is 48.0 Å². The molecule has 1 atom stereocenters. The number of nitrogens with zero attached hydrogens (tertiary/aromatic N) is 8. The zero-order valence-corrected chi connectivity index (χ0v) is 20.6. The van der Waals surface area contributed by atoms with Crippen molar-refractivity contribution in [3.63, 3.8) is 0 Å². The third-order valence-corrected chi connectivity index (χ3v) is 6.01. The highest BCUT2D eigenvalue weighted by molar-refractivity contribution is 6.00. The molecule has 0 amide bonds. The van der Waals surface area contributed by atoms with E-state index in [0.717, 1.165) is 5.56 Å². The summed E-state index contributed by atoms with van der Waals surface area (Å²) in [5.41, 5.74) is 2.72. The van der Waals surface area contributed by atoms with E-state index in [9.17, 15) is 17.6 Å². The largest absolute Gasteiger partial charge is 0.449 e. The SMILES string of the molecule is CC(c1cnn(-c2ccccc2F)c1)n1cc(C2=CNC(C(F)(F)F)=NC2)c2c(/N=C/N(C)C)ncnc21. The lowest BCUT2D eigenvalue weighted by atomic mass is 10.1. The van der Waals surface area contributed by atoms with Gasteiger partial charge in [-0.3, -0.25) is 4.99 Å². The van der Waals surface area contributed by atoms with Gasteiger partial charge in [-0.05, 0) is 24.6 Å². The van der Waals surface area contributed by atoms with Crippen molar-refractivity contribution in [1.29, 1.82) is 0 Å². The Morgan fingerprint density at radius 1 is 1.16 bits per heavy atom. The number of nitrogens with one attached hydrogen (secondary N) is 1. The first-order chi connectivity index (χ1) is 18.1. The number of para-hydroxylation sites is 1. The summed E-state index contributed by atoms with van der Waals surface area (Å²) in [7, 11) is 3.62. The van der Waals surface area contributed by atoms with Crippen molar-refractivity contribution >= 4 is 34.6 Å². The number of alkyl halides is 3. The maximum atomic E-state index is 14.3. The molecule has 0 fully saturated rings. The lowest BCUT2D eigenvalue weighted by Crippen LogP contribution is -2.36. The summed E-state index contributed by atoms with van der Waals surface area (Å²) >= 11 is 0. The van der Waals surface area contributed by atoms with Crippen LogP contribution in [0.2, 0.25) is 0 Å². The number of amidine groups is 1. The first kappa shape index (κ1) is 25.1. The molecule has 13 heteroatoms. The van der Waals surface area contributed by atoms with Crippen molar-refractivity contribution in [2.45, 2.75) is 19.1 Å². The van der Waals surface area contributed by atoms with E-state index >= 15 is 0 Å². The van der Waals surface area contributed by atoms with Crippen molar-refractivity contribution in [1.82, 2.24) is 34.5 Å². The van der Waals surface area contributed by atoms with E-state index in [-0.39, 0.29) is 12.6 Å². The molecule has 3 aromatic heterocycles. The lowest BCUT2D eigenvalue weighted by molar-refractivity contribution is -0.0614. The third kappa shape index (κ3) is 4.74. The van der Waals surface area contributed by atoms with Gasteiger partial charge in [0, 0.05) is 43.8 Å². The molecule has 1 N–H and O–H groups in total. The summed E-state index contributed by atoms with van der Waals surface area (Å²) in [6.45, 7) is 1.73. The van der Waals surface area contributed by atoms with Crippen LogP contribution < -0.4 is 5.32 Å². The summed E-state index contributed by atoms with van der Waals surface area (Å²) in [6, 6.07) is 5.99. The van der Waals surface area contributed by atoms with Gasteiger partial charge >= 0.3 is 6.18 Å². The summed E-state index contributed by atoms with van der Waals surface area (Å²) in [5, 5.41) is 7.15. The molecule has 4 aromatic rings. The Kier molecular flexibility index (Phi) is 6.43. The van der Waals surface area contributed by atoms with Crippen molar-refractivity contribution < 1.29 is 17.6 Å². The second-order valence-corrected chi connectivity index (χ2v) is 8.88. The van der Waals surface area contributed by atoms with Crippen molar-refractivity contribution in [2.75, 3.05) is 20.6 Å². The number of rotatable bonds is 6. The number of hydrogen-bond donors (Lipinski definition) is 1. The van der Waals surface area contributed by atoms with Crippen LogP contribution in [0.15, 0.2) is 65.4 Å². The lowest BCUT2D eigenvalue weighted by Gasteiger charge is -2.16. The Morgan fingerprint density at radius 3 is 2.63 bits per heavy atom. The smallest absolute Gasteiger partial charge is 0.369 e. The molecule has 4 heterocycles. The molecule has 196 valence electrons. The Bertz CT molecular complexity index is 1580. The van der Waals surface area contributed by atoms with Crippen LogP contribution in [0.1, 0.15) is 24.1 Å². The summed E-state index contributed by atoms with van der Waals surface area (Å²) in [4.78, 5) is 18.7. The van der Waals surface area contributed by atoms with E-state index in [2.05, 4.69) is 30.4 Å². The summed E-state index contributed by atoms with van der Waals surface area (Å²) in [5.74, 6) is -1.10. The predicted octanol–water partition coefficient (Wildman–Crippen LogP) is 4.49. The number of benzene rings is 1. The molecule has 5 rings (SSSR count). The zero-order valence-electron chi connectivity index (χ0n) is 20.6. The van der Waals surface area contributed by atoms with Gasteiger partial charge < -0.3 is 14.8 Å².